The molecule has 432 valence electrons. The van der Waals surface area contributed by atoms with Crippen molar-refractivity contribution in [3.8, 4) is 0 Å². The molecule has 0 rings (SSSR count). The van der Waals surface area contributed by atoms with Gasteiger partial charge in [-0.3, -0.25) is 14.4 Å². The van der Waals surface area contributed by atoms with Crippen LogP contribution in [-0.4, -0.2) is 37.2 Å². The van der Waals surface area contributed by atoms with Crippen molar-refractivity contribution in [3.63, 3.8) is 0 Å². The van der Waals surface area contributed by atoms with E-state index in [-0.39, 0.29) is 31.1 Å². The molecule has 1 unspecified atom stereocenters. The number of esters is 3. The Morgan fingerprint density at radius 2 is 0.520 bits per heavy atom. The summed E-state index contributed by atoms with van der Waals surface area (Å²) in [7, 11) is 0. The van der Waals surface area contributed by atoms with Gasteiger partial charge < -0.3 is 14.2 Å². The third-order valence-electron chi connectivity index (χ3n) is 13.9. The molecule has 75 heavy (non-hydrogen) atoms. The highest BCUT2D eigenvalue weighted by Gasteiger charge is 2.19. The van der Waals surface area contributed by atoms with Gasteiger partial charge in [-0.05, 0) is 96.3 Å². The summed E-state index contributed by atoms with van der Waals surface area (Å²) in [6.07, 6.45) is 83.0. The molecular weight excluding hydrogens is 925 g/mol. The van der Waals surface area contributed by atoms with Crippen molar-refractivity contribution in [2.24, 2.45) is 0 Å². The summed E-state index contributed by atoms with van der Waals surface area (Å²) in [4.78, 5) is 38.3. The first kappa shape index (κ1) is 71.6. The summed E-state index contributed by atoms with van der Waals surface area (Å²) >= 11 is 0. The smallest absolute Gasteiger partial charge is 0.306 e. The van der Waals surface area contributed by atoms with Gasteiger partial charge in [-0.15, -0.1) is 0 Å². The Balaban J connectivity index is 4.35. The lowest BCUT2D eigenvalue weighted by atomic mass is 10.0. The van der Waals surface area contributed by atoms with E-state index in [9.17, 15) is 14.4 Å². The molecule has 0 saturated carbocycles. The Kier molecular flexibility index (Phi) is 60.3. The van der Waals surface area contributed by atoms with E-state index in [1.807, 2.05) is 0 Å². The van der Waals surface area contributed by atoms with Crippen LogP contribution in [0.3, 0.4) is 0 Å². The second-order valence-corrected chi connectivity index (χ2v) is 21.3. The number of ether oxygens (including phenoxy) is 3. The highest BCUT2D eigenvalue weighted by atomic mass is 16.6. The SMILES string of the molecule is CC/C=C\C/C=C\C/C=C\C/C=C\CCCCCCC(=O)OC(COC(=O)CCCCCCCCCCCC/C=C\C/C=C\C/C=C\CCCCCCC)COC(=O)CCCCCCCCCCCCCCCCC. The van der Waals surface area contributed by atoms with E-state index in [4.69, 9.17) is 14.2 Å². The number of rotatable bonds is 58. The molecule has 0 aromatic rings. The maximum atomic E-state index is 12.9. The van der Waals surface area contributed by atoms with Crippen LogP contribution >= 0.6 is 0 Å². The Bertz CT molecular complexity index is 1430. The van der Waals surface area contributed by atoms with E-state index in [0.29, 0.717) is 19.3 Å². The molecule has 0 aliphatic rings. The average Bonchev–Trinajstić information content (AvgIpc) is 3.41. The van der Waals surface area contributed by atoms with Crippen LogP contribution in [0, 0.1) is 0 Å². The first-order valence-electron chi connectivity index (χ1n) is 32.1. The van der Waals surface area contributed by atoms with Crippen molar-refractivity contribution >= 4 is 17.9 Å². The van der Waals surface area contributed by atoms with Crippen LogP contribution < -0.4 is 0 Å². The normalized spacial score (nSPS) is 12.6. The van der Waals surface area contributed by atoms with Gasteiger partial charge in [0, 0.05) is 19.3 Å². The van der Waals surface area contributed by atoms with Crippen molar-refractivity contribution < 1.29 is 28.6 Å². The Labute approximate surface area is 465 Å². The number of allylic oxidation sites excluding steroid dienone is 14. The van der Waals surface area contributed by atoms with Crippen molar-refractivity contribution in [2.75, 3.05) is 13.2 Å². The van der Waals surface area contributed by atoms with E-state index in [1.165, 1.54) is 167 Å². The van der Waals surface area contributed by atoms with Crippen LogP contribution in [0.15, 0.2) is 85.1 Å². The molecule has 0 aromatic carbocycles. The average molecular weight is 1050 g/mol. The van der Waals surface area contributed by atoms with Gasteiger partial charge in [-0.25, -0.2) is 0 Å². The highest BCUT2D eigenvalue weighted by molar-refractivity contribution is 5.71. The van der Waals surface area contributed by atoms with E-state index in [2.05, 4.69) is 106 Å². The van der Waals surface area contributed by atoms with Gasteiger partial charge in [0.15, 0.2) is 6.10 Å². The van der Waals surface area contributed by atoms with Crippen LogP contribution in [0.1, 0.15) is 316 Å². The zero-order valence-corrected chi connectivity index (χ0v) is 49.6. The summed E-state index contributed by atoms with van der Waals surface area (Å²) in [5.74, 6) is -0.900. The lowest BCUT2D eigenvalue weighted by Gasteiger charge is -2.18. The van der Waals surface area contributed by atoms with Crippen molar-refractivity contribution in [1.82, 2.24) is 0 Å². The zero-order valence-electron chi connectivity index (χ0n) is 49.6. The van der Waals surface area contributed by atoms with Crippen LogP contribution in [0.5, 0.6) is 0 Å². The quantitative estimate of drug-likeness (QED) is 0.0261. The fraction of sp³-hybridized carbons (Fsp3) is 0.754. The number of carbonyl (C=O) groups is 3. The standard InChI is InChI=1S/C69H120O6/c1-4-7-10-13-16-19-22-25-28-30-31-32-33-34-35-36-37-39-41-44-47-50-53-56-59-62-68(71)74-65-66(64-73-67(70)61-58-55-52-49-46-43-40-27-24-21-18-15-12-9-6-3)75-69(72)63-60-57-54-51-48-45-42-38-29-26-23-20-17-14-11-8-5-2/h8,11,17,20,22,25-26,29-31,33-34,42,45,66H,4-7,9-10,12-16,18-19,21,23-24,27-28,32,35-41,43-44,46-65H2,1-3H3/b11-8-,20-17-,25-22-,29-26-,31-30-,34-33-,45-42-. The van der Waals surface area contributed by atoms with E-state index in [1.54, 1.807) is 0 Å². The minimum Gasteiger partial charge on any atom is -0.462 e. The van der Waals surface area contributed by atoms with E-state index < -0.39 is 6.10 Å². The maximum Gasteiger partial charge on any atom is 0.306 e. The first-order chi connectivity index (χ1) is 37.0. The number of hydrogen-bond acceptors (Lipinski definition) is 6. The van der Waals surface area contributed by atoms with Gasteiger partial charge >= 0.3 is 17.9 Å². The van der Waals surface area contributed by atoms with Gasteiger partial charge in [0.1, 0.15) is 13.2 Å². The lowest BCUT2D eigenvalue weighted by Crippen LogP contribution is -2.30. The molecule has 0 bridgehead atoms. The molecule has 0 heterocycles. The Morgan fingerprint density at radius 1 is 0.280 bits per heavy atom. The van der Waals surface area contributed by atoms with Crippen molar-refractivity contribution in [2.45, 2.75) is 322 Å². The van der Waals surface area contributed by atoms with Gasteiger partial charge in [0.05, 0.1) is 0 Å². The fourth-order valence-electron chi connectivity index (χ4n) is 9.09. The molecule has 0 radical (unpaired) electrons. The summed E-state index contributed by atoms with van der Waals surface area (Å²) < 4.78 is 16.9. The predicted octanol–water partition coefficient (Wildman–Crippen LogP) is 21.9. The Morgan fingerprint density at radius 3 is 0.813 bits per heavy atom. The van der Waals surface area contributed by atoms with Crippen LogP contribution in [-0.2, 0) is 28.6 Å². The van der Waals surface area contributed by atoms with Crippen molar-refractivity contribution in [1.29, 1.82) is 0 Å². The molecule has 0 N–H and O–H groups in total. The third-order valence-corrected chi connectivity index (χ3v) is 13.9. The number of carbonyl (C=O) groups excluding carboxylic acids is 3. The molecule has 0 aliphatic heterocycles. The third kappa shape index (κ3) is 61.3. The minimum absolute atomic E-state index is 0.0852. The van der Waals surface area contributed by atoms with Gasteiger partial charge in [0.2, 0.25) is 0 Å². The monoisotopic (exact) mass is 1040 g/mol. The highest BCUT2D eigenvalue weighted by Crippen LogP contribution is 2.16. The summed E-state index contributed by atoms with van der Waals surface area (Å²) in [6, 6.07) is 0. The van der Waals surface area contributed by atoms with Crippen LogP contribution in [0.2, 0.25) is 0 Å². The maximum absolute atomic E-state index is 12.9. The molecule has 1 atom stereocenters. The topological polar surface area (TPSA) is 78.9 Å². The molecule has 0 spiro atoms. The largest absolute Gasteiger partial charge is 0.462 e. The summed E-state index contributed by atoms with van der Waals surface area (Å²) in [5, 5.41) is 0. The molecule has 6 heteroatoms. The summed E-state index contributed by atoms with van der Waals surface area (Å²) in [5.41, 5.74) is 0. The Hall–Kier alpha value is -3.41. The molecule has 6 nitrogen and oxygen atoms in total. The second kappa shape index (κ2) is 63.1. The van der Waals surface area contributed by atoms with Gasteiger partial charge in [-0.2, -0.15) is 0 Å². The lowest BCUT2D eigenvalue weighted by molar-refractivity contribution is -0.167. The molecule has 0 saturated heterocycles. The molecule has 0 amide bonds. The van der Waals surface area contributed by atoms with Gasteiger partial charge in [0.25, 0.3) is 0 Å². The number of unbranched alkanes of at least 4 members (excludes halogenated alkanes) is 33. The molecule has 0 aromatic heterocycles. The first-order valence-corrected chi connectivity index (χ1v) is 32.1. The molecule has 0 fully saturated rings. The second-order valence-electron chi connectivity index (χ2n) is 21.3. The molecular formula is C69H120O6. The molecule has 0 aliphatic carbocycles. The van der Waals surface area contributed by atoms with E-state index in [0.717, 1.165) is 109 Å². The van der Waals surface area contributed by atoms with Crippen molar-refractivity contribution in [3.05, 3.63) is 85.1 Å². The van der Waals surface area contributed by atoms with Crippen LogP contribution in [0.25, 0.3) is 0 Å². The summed E-state index contributed by atoms with van der Waals surface area (Å²) in [6.45, 7) is 6.53. The minimum atomic E-state index is -0.791. The predicted molar refractivity (Wildman–Crippen MR) is 325 cm³/mol. The zero-order chi connectivity index (χ0) is 54.3. The van der Waals surface area contributed by atoms with E-state index >= 15 is 0 Å². The van der Waals surface area contributed by atoms with Crippen LogP contribution in [0.4, 0.5) is 0 Å². The number of hydrogen-bond donors (Lipinski definition) is 0. The van der Waals surface area contributed by atoms with Gasteiger partial charge in [-0.1, -0.05) is 286 Å². The fourth-order valence-corrected chi connectivity index (χ4v) is 9.09.